The van der Waals surface area contributed by atoms with Gasteiger partial charge in [-0.05, 0) is 0 Å². The zero-order valence-electron chi connectivity index (χ0n) is 36.7. The van der Waals surface area contributed by atoms with E-state index in [1.165, 1.54) is 0 Å². The molecule has 3 aromatic rings. The van der Waals surface area contributed by atoms with Crippen molar-refractivity contribution in [3.05, 3.63) is 85.6 Å². The molecule has 3 heterocycles. The van der Waals surface area contributed by atoms with E-state index < -0.39 is 190 Å². The number of Topliss-reactive ketones (excluding diaryl/α,β-unsaturated/α-hetero) is 3. The second-order valence-electron chi connectivity index (χ2n) is 14.2. The fourth-order valence-corrected chi connectivity index (χ4v) is 7.23. The van der Waals surface area contributed by atoms with Gasteiger partial charge < -0.3 is 0 Å². The van der Waals surface area contributed by atoms with Gasteiger partial charge in [0, 0.05) is 0 Å². The molecule has 40 heteroatoms. The molecule has 0 atom stereocenters. The van der Waals surface area contributed by atoms with Gasteiger partial charge in [0.15, 0.2) is 0 Å². The van der Waals surface area contributed by atoms with Crippen molar-refractivity contribution < 1.29 is 159 Å². The maximum atomic E-state index is 14.4. The van der Waals surface area contributed by atoms with Crippen LogP contribution in [0.1, 0.15) is 110 Å². The van der Waals surface area contributed by atoms with Crippen molar-refractivity contribution in [1.82, 2.24) is 29.9 Å². The number of aromatic nitrogens is 6. The number of alkyl halides is 27. The molecule has 0 aliphatic rings. The van der Waals surface area contributed by atoms with Gasteiger partial charge in [-0.3, -0.25) is 0 Å². The topological polar surface area (TPSA) is 156 Å². The van der Waals surface area contributed by atoms with Gasteiger partial charge >= 0.3 is 406 Å². The first-order chi connectivity index (χ1) is 33.6. The number of allylic oxidation sites excluding steroid dienone is 6. The number of rotatable bonds is 12. The molecule has 0 aliphatic carbocycles. The first-order valence-electron chi connectivity index (χ1n) is 18.4. The third-order valence-electron chi connectivity index (χ3n) is 8.46. The third kappa shape index (κ3) is 14.5. The first-order valence-corrected chi connectivity index (χ1v) is 19.8. The van der Waals surface area contributed by atoms with Crippen LogP contribution in [0.25, 0.3) is 16.7 Å². The summed E-state index contributed by atoms with van der Waals surface area (Å²) in [5.41, 5.74) is -35.7. The van der Waals surface area contributed by atoms with Crippen LogP contribution in [0.3, 0.4) is 0 Å². The molecule has 0 bridgehead atoms. The summed E-state index contributed by atoms with van der Waals surface area (Å²) >= 11 is -5.18. The predicted molar refractivity (Wildman–Crippen MR) is 184 cm³/mol. The molecule has 0 fully saturated rings. The third-order valence-corrected chi connectivity index (χ3v) is 10.0. The normalized spacial score (nSPS) is 14.9. The number of nitrogens with zero attached hydrogens (tertiary/aromatic N) is 6. The molecule has 3 aromatic heterocycles. The Bertz CT molecular complexity index is 2490. The van der Waals surface area contributed by atoms with Gasteiger partial charge in [0.1, 0.15) is 0 Å². The van der Waals surface area contributed by atoms with Crippen LogP contribution in [0.15, 0.2) is 17.3 Å². The molecule has 12 nitrogen and oxygen atoms in total. The molecule has 76 heavy (non-hydrogen) atoms. The zero-order valence-corrected chi connectivity index (χ0v) is 37.8. The monoisotopic (exact) mass is 1200 g/mol. The Morgan fingerprint density at radius 1 is 0.289 bits per heavy atom. The van der Waals surface area contributed by atoms with E-state index in [9.17, 15) is 133 Å². The van der Waals surface area contributed by atoms with Crippen molar-refractivity contribution in [2.75, 3.05) is 0 Å². The molecule has 0 unspecified atom stereocenters. The minimum absolute atomic E-state index is 0.0336. The van der Waals surface area contributed by atoms with E-state index >= 15 is 0 Å². The Kier molecular flexibility index (Phi) is 17.5. The number of carbonyl (C=O) groups excluding carboxylic acids is 3. The van der Waals surface area contributed by atoms with Crippen LogP contribution in [0.4, 0.5) is 119 Å². The molecule has 0 saturated carbocycles. The summed E-state index contributed by atoms with van der Waals surface area (Å²) < 4.78 is 396. The van der Waals surface area contributed by atoms with Gasteiger partial charge in [-0.1, -0.05) is 0 Å². The Morgan fingerprint density at radius 3 is 0.539 bits per heavy atom. The molecule has 0 aliphatic heterocycles. The SMILES string of the molecule is CC(=O)/C(=C(/C)[O][Fe]([O]/C(C)=C(\C(C)=O)c1c(C(F)(F)F)nc(C(F)(F)F)nc1C(F)(F)F)[O]/C(C)=C(\C(C)=O)c1c(C(F)(F)F)nc(C(F)(F)F)nc1C(F)(F)F)c1c(C(F)(F)F)nc(C(F)(F)F)nc1C(F)(F)F. The standard InChI is InChI=1S/3C12H7F9N2O2.Fe/c3*1-3(24)5(4(2)25)6-7(10(13,14)15)22-9(12(19,20)21)23-8(6)11(16,17)18;/h3*24H,1-2H3;/q;;;+3/p-3/b3*5-3+;. The summed E-state index contributed by atoms with van der Waals surface area (Å²) in [4.78, 5) is 50.8. The summed E-state index contributed by atoms with van der Waals surface area (Å²) in [6.45, 7) is -0.233. The second-order valence-corrected chi connectivity index (χ2v) is 15.4. The molecule has 425 valence electrons. The van der Waals surface area contributed by atoms with E-state index in [4.69, 9.17) is 11.5 Å². The first kappa shape index (κ1) is 63.8. The molecule has 0 N–H and O–H groups in total. The van der Waals surface area contributed by atoms with E-state index in [2.05, 4.69) is 0 Å². The average molecular weight is 1200 g/mol. The average Bonchev–Trinajstić information content (AvgIpc) is 3.16. The molecular weight excluding hydrogens is 1180 g/mol. The van der Waals surface area contributed by atoms with Crippen LogP contribution in [-0.2, 0) is 96.3 Å². The summed E-state index contributed by atoms with van der Waals surface area (Å²) in [6.07, 6.45) is -58.3. The molecule has 0 aromatic carbocycles. The fraction of sp³-hybridized carbons (Fsp3) is 0.417. The van der Waals surface area contributed by atoms with E-state index in [0.717, 1.165) is 0 Å². The molecule has 0 amide bonds. The molecular formula is C36H18F27FeN6O6. The van der Waals surface area contributed by atoms with Crippen molar-refractivity contribution in [1.29, 1.82) is 0 Å². The van der Waals surface area contributed by atoms with Crippen molar-refractivity contribution in [2.24, 2.45) is 0 Å². The van der Waals surface area contributed by atoms with Gasteiger partial charge in [0.25, 0.3) is 0 Å². The number of carbonyl (C=O) groups is 3. The fourth-order valence-electron chi connectivity index (χ4n) is 5.92. The van der Waals surface area contributed by atoms with Crippen LogP contribution in [0.2, 0.25) is 0 Å². The van der Waals surface area contributed by atoms with Crippen LogP contribution in [-0.4, -0.2) is 47.3 Å². The molecule has 0 spiro atoms. The van der Waals surface area contributed by atoms with Gasteiger partial charge in [0.2, 0.25) is 0 Å². The second kappa shape index (κ2) is 20.8. The predicted octanol–water partition coefficient (Wildman–Crippen LogP) is 13.0. The van der Waals surface area contributed by atoms with Crippen molar-refractivity contribution in [2.45, 2.75) is 97.1 Å². The Labute approximate surface area is 405 Å². The van der Waals surface area contributed by atoms with Crippen LogP contribution in [0.5, 0.6) is 0 Å². The number of hydrogen-bond acceptors (Lipinski definition) is 12. The molecule has 3 rings (SSSR count). The summed E-state index contributed by atoms with van der Waals surface area (Å²) in [7, 11) is 0. The van der Waals surface area contributed by atoms with Crippen molar-refractivity contribution in [3.8, 4) is 0 Å². The molecule has 0 radical (unpaired) electrons. The summed E-state index contributed by atoms with van der Waals surface area (Å²) in [5, 5.41) is 0. The Hall–Kier alpha value is -6.50. The summed E-state index contributed by atoms with van der Waals surface area (Å²) in [6, 6.07) is 0. The van der Waals surface area contributed by atoms with Crippen LogP contribution < -0.4 is 0 Å². The molecule has 0 saturated heterocycles. The quantitative estimate of drug-likeness (QED) is 0.0733. The minimum atomic E-state index is -6.56. The van der Waals surface area contributed by atoms with Gasteiger partial charge in [-0.2, -0.15) is 0 Å². The van der Waals surface area contributed by atoms with E-state index in [-0.39, 0.29) is 41.5 Å². The van der Waals surface area contributed by atoms with E-state index in [1.807, 2.05) is 29.9 Å². The van der Waals surface area contributed by atoms with E-state index in [0.29, 0.717) is 0 Å². The van der Waals surface area contributed by atoms with E-state index in [1.54, 1.807) is 0 Å². The number of halogens is 27. The number of hydrogen-bond donors (Lipinski definition) is 0. The Morgan fingerprint density at radius 2 is 0.434 bits per heavy atom. The van der Waals surface area contributed by atoms with Crippen molar-refractivity contribution in [3.63, 3.8) is 0 Å². The van der Waals surface area contributed by atoms with Crippen molar-refractivity contribution >= 4 is 34.1 Å². The van der Waals surface area contributed by atoms with Gasteiger partial charge in [-0.25, -0.2) is 0 Å². The van der Waals surface area contributed by atoms with Gasteiger partial charge in [0.05, 0.1) is 0 Å². The van der Waals surface area contributed by atoms with Gasteiger partial charge in [-0.15, -0.1) is 0 Å². The maximum absolute atomic E-state index is 14.4. The summed E-state index contributed by atoms with van der Waals surface area (Å²) in [5.74, 6) is -22.6. The zero-order chi connectivity index (χ0) is 59.6. The Balaban J connectivity index is 2.80. The van der Waals surface area contributed by atoms with Crippen LogP contribution in [0, 0.1) is 0 Å². The number of ketones is 3. The van der Waals surface area contributed by atoms with Crippen LogP contribution >= 0.6 is 0 Å².